The summed E-state index contributed by atoms with van der Waals surface area (Å²) in [6, 6.07) is 9.80. The molecule has 1 aromatic heterocycles. The number of carbonyl (C=O) groups excluding carboxylic acids is 6. The fourth-order valence-corrected chi connectivity index (χ4v) is 6.60. The number of primary amides is 2. The van der Waals surface area contributed by atoms with E-state index >= 15 is 0 Å². The van der Waals surface area contributed by atoms with E-state index in [-0.39, 0.29) is 61.2 Å². The number of nitrogens with two attached hydrogens (primary N) is 2. The molecule has 1 heterocycles. The quantitative estimate of drug-likeness (QED) is 0.0457. The molecule has 0 fully saturated rings. The van der Waals surface area contributed by atoms with Crippen molar-refractivity contribution in [2.75, 3.05) is 20.2 Å². The maximum absolute atomic E-state index is 13.3. The maximum Gasteiger partial charge on any atom is 0.255 e. The van der Waals surface area contributed by atoms with Gasteiger partial charge in [-0.25, -0.2) is 0 Å². The summed E-state index contributed by atoms with van der Waals surface area (Å²) in [5, 5.41) is 19.7. The SMILES string of the molecule is CN[C@@H](CC(C)C)C(=O)N[C@@H](CCCCNC(=O)c1cc(C(C)=O)ccc1OCCCn1cc(COc2ccc(C[C@H](NC(=O)[C@@H](C)CC(C)C)C(N)=O)cc2)nn1)C(N)=O. The van der Waals surface area contributed by atoms with Crippen LogP contribution in [0.5, 0.6) is 11.5 Å². The number of aromatic nitrogens is 3. The summed E-state index contributed by atoms with van der Waals surface area (Å²) in [6.45, 7) is 12.5. The number of nitrogens with zero attached hydrogens (tertiary/aromatic N) is 3. The van der Waals surface area contributed by atoms with Gasteiger partial charge in [-0.15, -0.1) is 5.10 Å². The minimum absolute atomic E-state index is 0.169. The fourth-order valence-electron chi connectivity index (χ4n) is 6.60. The molecule has 2 aromatic carbocycles. The third-order valence-electron chi connectivity index (χ3n) is 9.93. The van der Waals surface area contributed by atoms with E-state index in [4.69, 9.17) is 20.9 Å². The molecule has 0 saturated carbocycles. The Morgan fingerprint density at radius 2 is 1.46 bits per heavy atom. The summed E-state index contributed by atoms with van der Waals surface area (Å²) in [5.74, 6) is -0.993. The molecular formula is C44H65N9O8. The Bertz CT molecular complexity index is 1910. The molecule has 61 heavy (non-hydrogen) atoms. The molecule has 4 atom stereocenters. The van der Waals surface area contributed by atoms with Gasteiger partial charge >= 0.3 is 0 Å². The number of ether oxygens (including phenoxy) is 2. The predicted molar refractivity (Wildman–Crippen MR) is 230 cm³/mol. The average molecular weight is 848 g/mol. The first kappa shape index (κ1) is 49.5. The first-order valence-electron chi connectivity index (χ1n) is 21.0. The first-order valence-corrected chi connectivity index (χ1v) is 21.0. The highest BCUT2D eigenvalue weighted by molar-refractivity contribution is 6.01. The van der Waals surface area contributed by atoms with E-state index in [1.807, 2.05) is 46.8 Å². The van der Waals surface area contributed by atoms with Gasteiger partial charge in [-0.05, 0) is 93.8 Å². The van der Waals surface area contributed by atoms with Gasteiger partial charge in [-0.1, -0.05) is 52.0 Å². The molecule has 0 radical (unpaired) electrons. The summed E-state index contributed by atoms with van der Waals surface area (Å²) in [5.41, 5.74) is 13.2. The van der Waals surface area contributed by atoms with Gasteiger partial charge in [0.05, 0.1) is 24.4 Å². The third-order valence-corrected chi connectivity index (χ3v) is 9.93. The molecule has 0 spiro atoms. The van der Waals surface area contributed by atoms with Crippen molar-refractivity contribution in [2.45, 2.75) is 118 Å². The number of nitrogens with one attached hydrogen (secondary N) is 4. The number of aryl methyl sites for hydroxylation is 1. The lowest BCUT2D eigenvalue weighted by Crippen LogP contribution is -2.51. The van der Waals surface area contributed by atoms with Gasteiger partial charge in [-0.2, -0.15) is 0 Å². The number of rotatable bonds is 28. The molecule has 0 saturated heterocycles. The lowest BCUT2D eigenvalue weighted by Gasteiger charge is -2.21. The zero-order valence-electron chi connectivity index (χ0n) is 36.6. The van der Waals surface area contributed by atoms with Crippen molar-refractivity contribution in [3.05, 3.63) is 71.0 Å². The second kappa shape index (κ2) is 25.1. The zero-order chi connectivity index (χ0) is 45.1. The van der Waals surface area contributed by atoms with Crippen LogP contribution in [0.3, 0.4) is 0 Å². The Balaban J connectivity index is 1.46. The monoisotopic (exact) mass is 847 g/mol. The highest BCUT2D eigenvalue weighted by Gasteiger charge is 2.25. The van der Waals surface area contributed by atoms with Crippen LogP contribution in [0.1, 0.15) is 112 Å². The number of carbonyl (C=O) groups is 6. The van der Waals surface area contributed by atoms with Crippen LogP contribution in [0.15, 0.2) is 48.7 Å². The molecule has 0 aliphatic carbocycles. The van der Waals surface area contributed by atoms with Crippen molar-refractivity contribution in [1.82, 2.24) is 36.3 Å². The molecule has 5 amide bonds. The van der Waals surface area contributed by atoms with Gasteiger partial charge in [0.15, 0.2) is 5.78 Å². The van der Waals surface area contributed by atoms with Crippen molar-refractivity contribution in [3.63, 3.8) is 0 Å². The van der Waals surface area contributed by atoms with Crippen LogP contribution in [0, 0.1) is 17.8 Å². The van der Waals surface area contributed by atoms with Crippen LogP contribution >= 0.6 is 0 Å². The number of amides is 5. The molecule has 17 nitrogen and oxygen atoms in total. The largest absolute Gasteiger partial charge is 0.493 e. The molecule has 8 N–H and O–H groups in total. The molecule has 0 aliphatic rings. The van der Waals surface area contributed by atoms with Crippen molar-refractivity contribution in [2.24, 2.45) is 29.2 Å². The minimum Gasteiger partial charge on any atom is -0.493 e. The summed E-state index contributed by atoms with van der Waals surface area (Å²) in [7, 11) is 1.70. The molecule has 0 unspecified atom stereocenters. The van der Waals surface area contributed by atoms with Gasteiger partial charge in [0.1, 0.15) is 35.9 Å². The number of ketones is 1. The Kier molecular flexibility index (Phi) is 20.3. The van der Waals surface area contributed by atoms with E-state index in [0.717, 1.165) is 5.56 Å². The predicted octanol–water partition coefficient (Wildman–Crippen LogP) is 3.23. The van der Waals surface area contributed by atoms with Crippen molar-refractivity contribution in [1.29, 1.82) is 0 Å². The topological polar surface area (TPSA) is 252 Å². The Labute approximate surface area is 358 Å². The molecular weight excluding hydrogens is 783 g/mol. The van der Waals surface area contributed by atoms with E-state index in [1.54, 1.807) is 42.2 Å². The summed E-state index contributed by atoms with van der Waals surface area (Å²) >= 11 is 0. The van der Waals surface area contributed by atoms with Crippen LogP contribution < -0.4 is 42.2 Å². The van der Waals surface area contributed by atoms with Crippen molar-refractivity contribution in [3.8, 4) is 11.5 Å². The summed E-state index contributed by atoms with van der Waals surface area (Å²) in [6.07, 6.45) is 5.24. The highest BCUT2D eigenvalue weighted by Crippen LogP contribution is 2.22. The minimum atomic E-state index is -0.831. The Hall–Kier alpha value is -5.84. The van der Waals surface area contributed by atoms with E-state index < -0.39 is 35.8 Å². The van der Waals surface area contributed by atoms with Gasteiger partial charge in [0.2, 0.25) is 23.6 Å². The number of benzene rings is 2. The Morgan fingerprint density at radius 1 is 0.787 bits per heavy atom. The molecule has 17 heteroatoms. The van der Waals surface area contributed by atoms with Gasteiger partial charge in [0, 0.05) is 37.4 Å². The second-order valence-electron chi connectivity index (χ2n) is 16.3. The molecule has 3 rings (SSSR count). The van der Waals surface area contributed by atoms with Gasteiger partial charge in [-0.3, -0.25) is 33.4 Å². The second-order valence-corrected chi connectivity index (χ2v) is 16.3. The Morgan fingerprint density at radius 3 is 2.08 bits per heavy atom. The van der Waals surface area contributed by atoms with Gasteiger partial charge in [0.25, 0.3) is 5.91 Å². The maximum atomic E-state index is 13.3. The molecule has 334 valence electrons. The van der Waals surface area contributed by atoms with E-state index in [0.29, 0.717) is 73.7 Å². The first-order chi connectivity index (χ1) is 29.0. The average Bonchev–Trinajstić information content (AvgIpc) is 3.67. The molecule has 3 aromatic rings. The number of likely N-dealkylation sites (N-methyl/N-ethyl adjacent to an activating group) is 1. The summed E-state index contributed by atoms with van der Waals surface area (Å²) in [4.78, 5) is 74.8. The standard InChI is InChI=1S/C44H65N9O8/c1-27(2)21-29(5)42(57)50-37(41(46)56)23-31-12-15-34(16-13-31)61-26-33-25-53(52-51-33)19-10-20-60-39-17-14-32(30(6)54)24-35(39)43(58)48-18-9-8-11-36(40(45)55)49-44(59)38(47-7)22-28(3)4/h12-17,24-25,27-29,36-38,47H,8-11,18-23,26H2,1-7H3,(H2,45,55)(H2,46,56)(H,48,58)(H,49,59)(H,50,57)/t29-,36-,37-,38-/m0/s1. The van der Waals surface area contributed by atoms with Crippen LogP contribution in [-0.2, 0) is 38.8 Å². The highest BCUT2D eigenvalue weighted by atomic mass is 16.5. The van der Waals surface area contributed by atoms with Gasteiger partial charge < -0.3 is 42.2 Å². The number of hydrogen-bond acceptors (Lipinski definition) is 11. The normalized spacial score (nSPS) is 13.2. The van der Waals surface area contributed by atoms with Crippen molar-refractivity contribution >= 4 is 35.3 Å². The lowest BCUT2D eigenvalue weighted by molar-refractivity contribution is -0.129. The van der Waals surface area contributed by atoms with Crippen molar-refractivity contribution < 1.29 is 38.2 Å². The number of hydrogen-bond donors (Lipinski definition) is 6. The van der Waals surface area contributed by atoms with Crippen LogP contribution in [0.25, 0.3) is 0 Å². The third kappa shape index (κ3) is 17.3. The van der Waals surface area contributed by atoms with Crippen LogP contribution in [0.2, 0.25) is 0 Å². The lowest BCUT2D eigenvalue weighted by atomic mass is 9.97. The fraction of sp³-hybridized carbons (Fsp3) is 0.545. The van der Waals surface area contributed by atoms with E-state index in [1.165, 1.54) is 13.0 Å². The van der Waals surface area contributed by atoms with Crippen LogP contribution in [0.4, 0.5) is 0 Å². The smallest absolute Gasteiger partial charge is 0.255 e. The summed E-state index contributed by atoms with van der Waals surface area (Å²) < 4.78 is 13.5. The molecule has 0 bridgehead atoms. The number of Topliss-reactive ketones (excluding diaryl/α,β-unsaturated/α-hetero) is 1. The molecule has 0 aliphatic heterocycles. The zero-order valence-corrected chi connectivity index (χ0v) is 36.6. The number of unbranched alkanes of at least 4 members (excludes halogenated alkanes) is 1. The van der Waals surface area contributed by atoms with Crippen LogP contribution in [-0.4, -0.2) is 88.6 Å². The van der Waals surface area contributed by atoms with E-state index in [2.05, 4.69) is 31.6 Å². The van der Waals surface area contributed by atoms with E-state index in [9.17, 15) is 28.8 Å².